The molecule has 22 heavy (non-hydrogen) atoms. The average molecular weight is 302 g/mol. The summed E-state index contributed by atoms with van der Waals surface area (Å²) in [5, 5.41) is 13.6. The van der Waals surface area contributed by atoms with Crippen molar-refractivity contribution in [1.82, 2.24) is 10.6 Å². The van der Waals surface area contributed by atoms with E-state index in [4.69, 9.17) is 11.0 Å². The van der Waals surface area contributed by atoms with Crippen LogP contribution in [-0.2, 0) is 9.59 Å². The maximum Gasteiger partial charge on any atom is 0.251 e. The molecule has 0 bridgehead atoms. The van der Waals surface area contributed by atoms with Gasteiger partial charge in [-0.3, -0.25) is 14.4 Å². The van der Waals surface area contributed by atoms with Gasteiger partial charge in [0.1, 0.15) is 6.04 Å². The number of carbonyl (C=O) groups is 3. The van der Waals surface area contributed by atoms with E-state index < -0.39 is 29.7 Å². The van der Waals surface area contributed by atoms with Gasteiger partial charge in [-0.1, -0.05) is 18.2 Å². The third-order valence-electron chi connectivity index (χ3n) is 2.93. The second-order valence-electron chi connectivity index (χ2n) is 4.84. The molecule has 0 spiro atoms. The summed E-state index contributed by atoms with van der Waals surface area (Å²) >= 11 is 0. The normalized spacial score (nSPS) is 12.5. The Balaban J connectivity index is 2.49. The number of nitrogens with two attached hydrogens (primary N) is 1. The van der Waals surface area contributed by atoms with Crippen LogP contribution < -0.4 is 16.4 Å². The molecule has 2 atom stereocenters. The van der Waals surface area contributed by atoms with Crippen LogP contribution in [0.4, 0.5) is 0 Å². The van der Waals surface area contributed by atoms with Gasteiger partial charge in [0, 0.05) is 11.5 Å². The van der Waals surface area contributed by atoms with Crippen LogP contribution in [0.2, 0.25) is 0 Å². The first-order valence-corrected chi connectivity index (χ1v) is 6.75. The number of nitrogens with zero attached hydrogens (tertiary/aromatic N) is 1. The molecule has 1 aromatic carbocycles. The second-order valence-corrected chi connectivity index (χ2v) is 4.84. The summed E-state index contributed by atoms with van der Waals surface area (Å²) in [6.07, 6.45) is 0.129. The number of rotatable bonds is 7. The van der Waals surface area contributed by atoms with Crippen LogP contribution in [0.1, 0.15) is 23.7 Å². The topological polar surface area (TPSA) is 125 Å². The lowest BCUT2D eigenvalue weighted by Gasteiger charge is -2.16. The fourth-order valence-electron chi connectivity index (χ4n) is 1.75. The Bertz CT molecular complexity index is 580. The molecule has 3 amide bonds. The smallest absolute Gasteiger partial charge is 0.251 e. The molecule has 0 aromatic heterocycles. The van der Waals surface area contributed by atoms with Crippen molar-refractivity contribution in [2.75, 3.05) is 6.54 Å². The molecule has 1 rings (SSSR count). The van der Waals surface area contributed by atoms with Crippen molar-refractivity contribution in [3.05, 3.63) is 35.9 Å². The van der Waals surface area contributed by atoms with Crippen LogP contribution >= 0.6 is 0 Å². The molecule has 0 radical (unpaired) electrons. The van der Waals surface area contributed by atoms with Crippen LogP contribution in [0.15, 0.2) is 30.3 Å². The SMILES string of the molecule is C[C@H](C#N)C[C@H](NC(=O)CNC(=O)c1ccccc1)C(N)=O. The van der Waals surface area contributed by atoms with E-state index in [1.54, 1.807) is 37.3 Å². The first-order valence-electron chi connectivity index (χ1n) is 6.75. The first-order chi connectivity index (χ1) is 10.4. The first kappa shape index (κ1) is 17.2. The van der Waals surface area contributed by atoms with Gasteiger partial charge in [-0.05, 0) is 25.5 Å². The van der Waals surface area contributed by atoms with E-state index in [0.717, 1.165) is 0 Å². The van der Waals surface area contributed by atoms with E-state index in [-0.39, 0.29) is 13.0 Å². The van der Waals surface area contributed by atoms with Gasteiger partial charge in [-0.2, -0.15) is 5.26 Å². The Morgan fingerprint density at radius 2 is 1.91 bits per heavy atom. The number of carbonyl (C=O) groups excluding carboxylic acids is 3. The summed E-state index contributed by atoms with van der Waals surface area (Å²) in [7, 11) is 0. The van der Waals surface area contributed by atoms with Crippen LogP contribution in [0.25, 0.3) is 0 Å². The Morgan fingerprint density at radius 1 is 1.27 bits per heavy atom. The minimum absolute atomic E-state index is 0.129. The zero-order chi connectivity index (χ0) is 16.5. The number of nitrogens with one attached hydrogen (secondary N) is 2. The summed E-state index contributed by atoms with van der Waals surface area (Å²) in [6, 6.07) is 9.46. The van der Waals surface area contributed by atoms with Gasteiger partial charge in [0.2, 0.25) is 11.8 Å². The molecule has 7 nitrogen and oxygen atoms in total. The van der Waals surface area contributed by atoms with Gasteiger partial charge in [0.15, 0.2) is 0 Å². The second kappa shape index (κ2) is 8.42. The molecule has 0 aliphatic heterocycles. The lowest BCUT2D eigenvalue weighted by molar-refractivity contribution is -0.127. The molecule has 0 saturated heterocycles. The number of primary amides is 1. The molecular formula is C15H18N4O3. The summed E-state index contributed by atoms with van der Waals surface area (Å²) in [4.78, 5) is 34.8. The monoisotopic (exact) mass is 302 g/mol. The maximum atomic E-state index is 11.8. The van der Waals surface area contributed by atoms with Crippen molar-refractivity contribution in [3.8, 4) is 6.07 Å². The number of hydrogen-bond acceptors (Lipinski definition) is 4. The standard InChI is InChI=1S/C15H18N4O3/c1-10(8-16)7-12(14(17)21)19-13(20)9-18-15(22)11-5-3-2-4-6-11/h2-6,10,12H,7,9H2,1H3,(H2,17,21)(H,18,22)(H,19,20)/t10-,12-/m0/s1. The van der Waals surface area contributed by atoms with E-state index >= 15 is 0 Å². The Hall–Kier alpha value is -2.88. The molecule has 116 valence electrons. The number of amides is 3. The zero-order valence-corrected chi connectivity index (χ0v) is 12.2. The average Bonchev–Trinajstić information content (AvgIpc) is 2.52. The Kier molecular flexibility index (Phi) is 6.57. The van der Waals surface area contributed by atoms with E-state index in [0.29, 0.717) is 5.56 Å². The van der Waals surface area contributed by atoms with E-state index in [2.05, 4.69) is 10.6 Å². The lowest BCUT2D eigenvalue weighted by Crippen LogP contribution is -2.48. The van der Waals surface area contributed by atoms with Gasteiger partial charge in [0.25, 0.3) is 5.91 Å². The molecule has 0 saturated carbocycles. The molecule has 0 fully saturated rings. The summed E-state index contributed by atoms with van der Waals surface area (Å²) in [6.45, 7) is 1.34. The molecular weight excluding hydrogens is 284 g/mol. The molecule has 0 aliphatic carbocycles. The molecule has 0 unspecified atom stereocenters. The third kappa shape index (κ3) is 5.63. The summed E-state index contributed by atoms with van der Waals surface area (Å²) in [5.74, 6) is -2.07. The largest absolute Gasteiger partial charge is 0.368 e. The van der Waals surface area contributed by atoms with Crippen molar-refractivity contribution in [2.24, 2.45) is 11.7 Å². The quantitative estimate of drug-likeness (QED) is 0.652. The van der Waals surface area contributed by atoms with Crippen LogP contribution in [-0.4, -0.2) is 30.3 Å². The molecule has 7 heteroatoms. The fourth-order valence-corrected chi connectivity index (χ4v) is 1.75. The van der Waals surface area contributed by atoms with Crippen molar-refractivity contribution in [1.29, 1.82) is 5.26 Å². The predicted octanol–water partition coefficient (Wildman–Crippen LogP) is -0.0637. The van der Waals surface area contributed by atoms with Crippen LogP contribution in [0, 0.1) is 17.2 Å². The highest BCUT2D eigenvalue weighted by Gasteiger charge is 2.21. The van der Waals surface area contributed by atoms with Crippen molar-refractivity contribution in [2.45, 2.75) is 19.4 Å². The highest BCUT2D eigenvalue weighted by Crippen LogP contribution is 2.04. The van der Waals surface area contributed by atoms with E-state index in [1.807, 2.05) is 6.07 Å². The van der Waals surface area contributed by atoms with Crippen molar-refractivity contribution < 1.29 is 14.4 Å². The van der Waals surface area contributed by atoms with Gasteiger partial charge in [0.05, 0.1) is 12.6 Å². The number of nitriles is 1. The highest BCUT2D eigenvalue weighted by molar-refractivity contribution is 5.97. The Morgan fingerprint density at radius 3 is 2.45 bits per heavy atom. The molecule has 1 aromatic rings. The third-order valence-corrected chi connectivity index (χ3v) is 2.93. The van der Waals surface area contributed by atoms with E-state index in [1.165, 1.54) is 0 Å². The zero-order valence-electron chi connectivity index (χ0n) is 12.2. The van der Waals surface area contributed by atoms with Crippen LogP contribution in [0.3, 0.4) is 0 Å². The minimum atomic E-state index is -0.934. The van der Waals surface area contributed by atoms with Gasteiger partial charge in [-0.25, -0.2) is 0 Å². The number of benzene rings is 1. The van der Waals surface area contributed by atoms with Gasteiger partial charge >= 0.3 is 0 Å². The molecule has 4 N–H and O–H groups in total. The summed E-state index contributed by atoms with van der Waals surface area (Å²) in [5.41, 5.74) is 5.62. The predicted molar refractivity (Wildman–Crippen MR) is 79.3 cm³/mol. The lowest BCUT2D eigenvalue weighted by atomic mass is 10.0. The van der Waals surface area contributed by atoms with E-state index in [9.17, 15) is 14.4 Å². The Labute approximate surface area is 128 Å². The maximum absolute atomic E-state index is 11.8. The fraction of sp³-hybridized carbons (Fsp3) is 0.333. The van der Waals surface area contributed by atoms with Crippen LogP contribution in [0.5, 0.6) is 0 Å². The van der Waals surface area contributed by atoms with Crippen molar-refractivity contribution in [3.63, 3.8) is 0 Å². The summed E-state index contributed by atoms with van der Waals surface area (Å²) < 4.78 is 0. The molecule has 0 aliphatic rings. The highest BCUT2D eigenvalue weighted by atomic mass is 16.2. The molecule has 0 heterocycles. The van der Waals surface area contributed by atoms with Crippen molar-refractivity contribution >= 4 is 17.7 Å². The minimum Gasteiger partial charge on any atom is -0.368 e. The van der Waals surface area contributed by atoms with Gasteiger partial charge < -0.3 is 16.4 Å². The number of hydrogen-bond donors (Lipinski definition) is 3. The van der Waals surface area contributed by atoms with Gasteiger partial charge in [-0.15, -0.1) is 0 Å².